The fourth-order valence-electron chi connectivity index (χ4n) is 3.51. The molecule has 3 rings (SSSR count). The Morgan fingerprint density at radius 3 is 2.72 bits per heavy atom. The van der Waals surface area contributed by atoms with Crippen molar-refractivity contribution in [1.82, 2.24) is 5.32 Å². The number of nitrogens with one attached hydrogen (secondary N) is 1. The minimum atomic E-state index is 0.824. The van der Waals surface area contributed by atoms with E-state index in [4.69, 9.17) is 0 Å². The lowest BCUT2D eigenvalue weighted by Gasteiger charge is -2.11. The van der Waals surface area contributed by atoms with Crippen molar-refractivity contribution in [2.45, 2.75) is 63.8 Å². The van der Waals surface area contributed by atoms with Crippen LogP contribution in [0.4, 0.5) is 0 Å². The van der Waals surface area contributed by atoms with Crippen molar-refractivity contribution < 1.29 is 0 Å². The average Bonchev–Trinajstić information content (AvgIpc) is 3.05. The molecule has 0 aliphatic heterocycles. The Hall–Kier alpha value is -0.820. The van der Waals surface area contributed by atoms with Gasteiger partial charge in [-0.1, -0.05) is 31.0 Å². The molecule has 0 unspecified atom stereocenters. The quantitative estimate of drug-likeness (QED) is 0.779. The van der Waals surface area contributed by atoms with Crippen LogP contribution in [0.3, 0.4) is 0 Å². The number of benzene rings is 1. The first-order valence-electron chi connectivity index (χ1n) is 7.76. The Kier molecular flexibility index (Phi) is 3.99. The van der Waals surface area contributed by atoms with Gasteiger partial charge in [-0.25, -0.2) is 0 Å². The van der Waals surface area contributed by atoms with Crippen LogP contribution in [-0.4, -0.2) is 12.6 Å². The Bertz CT molecular complexity index is 391. The largest absolute Gasteiger partial charge is 0.314 e. The molecule has 0 bridgehead atoms. The van der Waals surface area contributed by atoms with E-state index in [1.54, 1.807) is 16.7 Å². The summed E-state index contributed by atoms with van der Waals surface area (Å²) in [5, 5.41) is 3.70. The van der Waals surface area contributed by atoms with Gasteiger partial charge in [0.1, 0.15) is 0 Å². The zero-order chi connectivity index (χ0) is 12.2. The van der Waals surface area contributed by atoms with Gasteiger partial charge in [0, 0.05) is 6.04 Å². The van der Waals surface area contributed by atoms with Gasteiger partial charge in [0.05, 0.1) is 0 Å². The molecule has 1 fully saturated rings. The molecule has 1 saturated carbocycles. The highest BCUT2D eigenvalue weighted by molar-refractivity contribution is 5.35. The Morgan fingerprint density at radius 1 is 1.00 bits per heavy atom. The van der Waals surface area contributed by atoms with Crippen molar-refractivity contribution in [2.24, 2.45) is 0 Å². The van der Waals surface area contributed by atoms with Gasteiger partial charge in [-0.05, 0) is 68.2 Å². The molecule has 18 heavy (non-hydrogen) atoms. The third-order valence-corrected chi connectivity index (χ3v) is 4.59. The van der Waals surface area contributed by atoms with Crippen LogP contribution >= 0.6 is 0 Å². The van der Waals surface area contributed by atoms with Crippen LogP contribution in [0.1, 0.15) is 55.2 Å². The van der Waals surface area contributed by atoms with Crippen LogP contribution in [0.15, 0.2) is 18.2 Å². The highest BCUT2D eigenvalue weighted by Crippen LogP contribution is 2.23. The van der Waals surface area contributed by atoms with E-state index in [0.717, 1.165) is 6.04 Å². The minimum Gasteiger partial charge on any atom is -0.314 e. The van der Waals surface area contributed by atoms with Crippen LogP contribution in [-0.2, 0) is 19.3 Å². The maximum atomic E-state index is 3.70. The maximum absolute atomic E-state index is 3.70. The Morgan fingerprint density at radius 2 is 1.83 bits per heavy atom. The molecule has 98 valence electrons. The van der Waals surface area contributed by atoms with Gasteiger partial charge in [0.25, 0.3) is 0 Å². The third kappa shape index (κ3) is 2.95. The lowest BCUT2D eigenvalue weighted by atomic mass is 10.0. The number of hydrogen-bond donors (Lipinski definition) is 1. The lowest BCUT2D eigenvalue weighted by molar-refractivity contribution is 0.515. The molecule has 1 nitrogen and oxygen atoms in total. The second-order valence-electron chi connectivity index (χ2n) is 6.00. The third-order valence-electron chi connectivity index (χ3n) is 4.59. The number of hydrogen-bond acceptors (Lipinski definition) is 1. The summed E-state index contributed by atoms with van der Waals surface area (Å²) in [5.74, 6) is 0. The van der Waals surface area contributed by atoms with E-state index in [0.29, 0.717) is 0 Å². The number of aryl methyl sites for hydroxylation is 3. The van der Waals surface area contributed by atoms with Gasteiger partial charge < -0.3 is 5.32 Å². The van der Waals surface area contributed by atoms with Crippen molar-refractivity contribution >= 4 is 0 Å². The highest BCUT2D eigenvalue weighted by Gasteiger charge is 2.13. The molecule has 0 radical (unpaired) electrons. The van der Waals surface area contributed by atoms with Gasteiger partial charge in [0.15, 0.2) is 0 Å². The van der Waals surface area contributed by atoms with Gasteiger partial charge >= 0.3 is 0 Å². The van der Waals surface area contributed by atoms with Crippen molar-refractivity contribution in [1.29, 1.82) is 0 Å². The first-order chi connectivity index (χ1) is 8.92. The summed E-state index contributed by atoms with van der Waals surface area (Å²) in [7, 11) is 0. The second kappa shape index (κ2) is 5.88. The normalized spacial score (nSPS) is 19.3. The van der Waals surface area contributed by atoms with Gasteiger partial charge in [-0.15, -0.1) is 0 Å². The molecule has 1 N–H and O–H groups in total. The van der Waals surface area contributed by atoms with Gasteiger partial charge in [0.2, 0.25) is 0 Å². The van der Waals surface area contributed by atoms with Crippen molar-refractivity contribution in [3.8, 4) is 0 Å². The predicted octanol–water partition coefficient (Wildman–Crippen LogP) is 3.64. The summed E-state index contributed by atoms with van der Waals surface area (Å²) in [6.07, 6.45) is 12.2. The van der Waals surface area contributed by atoms with Gasteiger partial charge in [-0.2, -0.15) is 0 Å². The van der Waals surface area contributed by atoms with Crippen LogP contribution in [0.2, 0.25) is 0 Å². The molecule has 0 atom stereocenters. The standard InChI is InChI=1S/C17H25N/c1-2-9-17(8-1)18-12-4-5-14-10-11-15-6-3-7-16(15)13-14/h10-11,13,17-18H,1-9,12H2. The summed E-state index contributed by atoms with van der Waals surface area (Å²) >= 11 is 0. The number of rotatable bonds is 5. The molecule has 1 aromatic carbocycles. The van der Waals surface area contributed by atoms with Crippen LogP contribution in [0.5, 0.6) is 0 Å². The van der Waals surface area contributed by atoms with Crippen molar-refractivity contribution in [2.75, 3.05) is 6.54 Å². The minimum absolute atomic E-state index is 0.824. The summed E-state index contributed by atoms with van der Waals surface area (Å²) in [4.78, 5) is 0. The van der Waals surface area contributed by atoms with Crippen molar-refractivity contribution in [3.05, 3.63) is 34.9 Å². The van der Waals surface area contributed by atoms with Crippen LogP contribution < -0.4 is 5.32 Å². The molecule has 1 heteroatoms. The Labute approximate surface area is 111 Å². The lowest BCUT2D eigenvalue weighted by Crippen LogP contribution is -2.27. The van der Waals surface area contributed by atoms with E-state index in [1.165, 1.54) is 64.3 Å². The molecule has 0 saturated heterocycles. The SMILES string of the molecule is c1cc2c(cc1CCCNC1CCCC1)CCC2. The summed E-state index contributed by atoms with van der Waals surface area (Å²) < 4.78 is 0. The molecule has 2 aliphatic carbocycles. The molecule has 0 aromatic heterocycles. The fourth-order valence-corrected chi connectivity index (χ4v) is 3.51. The summed E-state index contributed by atoms with van der Waals surface area (Å²) in [6, 6.07) is 7.99. The monoisotopic (exact) mass is 243 g/mol. The first kappa shape index (κ1) is 12.2. The number of fused-ring (bicyclic) bond motifs is 1. The summed E-state index contributed by atoms with van der Waals surface area (Å²) in [5.41, 5.74) is 4.77. The zero-order valence-corrected chi connectivity index (χ0v) is 11.4. The molecular formula is C17H25N. The van der Waals surface area contributed by atoms with Crippen molar-refractivity contribution in [3.63, 3.8) is 0 Å². The van der Waals surface area contributed by atoms with E-state index in [2.05, 4.69) is 23.5 Å². The maximum Gasteiger partial charge on any atom is 0.00670 e. The Balaban J connectivity index is 1.42. The molecular weight excluding hydrogens is 218 g/mol. The van der Waals surface area contributed by atoms with E-state index in [9.17, 15) is 0 Å². The van der Waals surface area contributed by atoms with E-state index < -0.39 is 0 Å². The second-order valence-corrected chi connectivity index (χ2v) is 6.00. The van der Waals surface area contributed by atoms with Crippen LogP contribution in [0, 0.1) is 0 Å². The molecule has 0 spiro atoms. The molecule has 1 aromatic rings. The molecule has 0 heterocycles. The fraction of sp³-hybridized carbons (Fsp3) is 0.647. The predicted molar refractivity (Wildman–Crippen MR) is 77.0 cm³/mol. The average molecular weight is 243 g/mol. The zero-order valence-electron chi connectivity index (χ0n) is 11.4. The van der Waals surface area contributed by atoms with E-state index in [1.807, 2.05) is 0 Å². The summed E-state index contributed by atoms with van der Waals surface area (Å²) in [6.45, 7) is 1.20. The van der Waals surface area contributed by atoms with E-state index >= 15 is 0 Å². The van der Waals surface area contributed by atoms with Gasteiger partial charge in [-0.3, -0.25) is 0 Å². The first-order valence-corrected chi connectivity index (χ1v) is 7.76. The van der Waals surface area contributed by atoms with Crippen LogP contribution in [0.25, 0.3) is 0 Å². The van der Waals surface area contributed by atoms with E-state index in [-0.39, 0.29) is 0 Å². The molecule has 0 amide bonds. The highest BCUT2D eigenvalue weighted by atomic mass is 14.9. The molecule has 2 aliphatic rings. The topological polar surface area (TPSA) is 12.0 Å². The smallest absolute Gasteiger partial charge is 0.00670 e.